The standard InChI is InChI=1S/C15H15ClN2OS/c1-8-13(11-7-10(16)5-6-12(11)19-2)17-14(9-3-4-9)18-15(8)20/h5-7,9H,3-4H2,1-2H3,(H,17,18,20). The average molecular weight is 307 g/mol. The van der Waals surface area contributed by atoms with E-state index < -0.39 is 0 Å². The van der Waals surface area contributed by atoms with Crippen molar-refractivity contribution in [1.82, 2.24) is 9.97 Å². The maximum atomic E-state index is 6.12. The minimum atomic E-state index is 0.515. The third-order valence-corrected chi connectivity index (χ3v) is 4.20. The summed E-state index contributed by atoms with van der Waals surface area (Å²) < 4.78 is 6.07. The van der Waals surface area contributed by atoms with Crippen molar-refractivity contribution >= 4 is 23.8 Å². The van der Waals surface area contributed by atoms with Crippen LogP contribution in [0.5, 0.6) is 5.75 Å². The molecule has 1 aliphatic rings. The lowest BCUT2D eigenvalue weighted by Gasteiger charge is -2.13. The molecule has 104 valence electrons. The van der Waals surface area contributed by atoms with Crippen LogP contribution in [0.15, 0.2) is 18.2 Å². The van der Waals surface area contributed by atoms with Crippen LogP contribution in [0.1, 0.15) is 30.1 Å². The number of benzene rings is 1. The van der Waals surface area contributed by atoms with E-state index in [1.54, 1.807) is 7.11 Å². The summed E-state index contributed by atoms with van der Waals surface area (Å²) in [5, 5.41) is 0.671. The topological polar surface area (TPSA) is 37.9 Å². The number of methoxy groups -OCH3 is 1. The molecule has 0 unspecified atom stereocenters. The molecule has 1 aliphatic carbocycles. The molecule has 5 heteroatoms. The molecule has 0 atom stereocenters. The van der Waals surface area contributed by atoms with E-state index in [2.05, 4.69) is 9.97 Å². The first-order chi connectivity index (χ1) is 9.60. The summed E-state index contributed by atoms with van der Waals surface area (Å²) in [6.45, 7) is 1.97. The van der Waals surface area contributed by atoms with Gasteiger partial charge in [0.2, 0.25) is 0 Å². The fraction of sp³-hybridized carbons (Fsp3) is 0.333. The number of nitrogens with zero attached hydrogens (tertiary/aromatic N) is 1. The van der Waals surface area contributed by atoms with Gasteiger partial charge in [0.15, 0.2) is 0 Å². The molecule has 1 heterocycles. The van der Waals surface area contributed by atoms with Crippen LogP contribution in [0.2, 0.25) is 5.02 Å². The summed E-state index contributed by atoms with van der Waals surface area (Å²) in [5.74, 6) is 2.26. The predicted octanol–water partition coefficient (Wildman–Crippen LogP) is 4.65. The maximum Gasteiger partial charge on any atom is 0.133 e. The largest absolute Gasteiger partial charge is 0.496 e. The number of aromatic amines is 1. The molecule has 0 spiro atoms. The van der Waals surface area contributed by atoms with E-state index in [0.717, 1.165) is 28.4 Å². The molecular weight excluding hydrogens is 292 g/mol. The fourth-order valence-electron chi connectivity index (χ4n) is 2.24. The van der Waals surface area contributed by atoms with Gasteiger partial charge in [0.25, 0.3) is 0 Å². The summed E-state index contributed by atoms with van der Waals surface area (Å²) in [6, 6.07) is 5.58. The van der Waals surface area contributed by atoms with Gasteiger partial charge in [-0.05, 0) is 38.0 Å². The van der Waals surface area contributed by atoms with Crippen molar-refractivity contribution in [2.24, 2.45) is 0 Å². The zero-order valence-electron chi connectivity index (χ0n) is 11.4. The molecular formula is C15H15ClN2OS. The van der Waals surface area contributed by atoms with Gasteiger partial charge in [-0.1, -0.05) is 23.8 Å². The van der Waals surface area contributed by atoms with E-state index in [1.165, 1.54) is 12.8 Å². The number of hydrogen-bond acceptors (Lipinski definition) is 3. The van der Waals surface area contributed by atoms with Gasteiger partial charge < -0.3 is 9.72 Å². The second-order valence-electron chi connectivity index (χ2n) is 5.05. The first kappa shape index (κ1) is 13.6. The van der Waals surface area contributed by atoms with Crippen molar-refractivity contribution < 1.29 is 4.74 Å². The van der Waals surface area contributed by atoms with Crippen molar-refractivity contribution in [3.05, 3.63) is 39.3 Å². The van der Waals surface area contributed by atoms with E-state index >= 15 is 0 Å². The number of aromatic nitrogens is 2. The molecule has 1 aromatic heterocycles. The summed E-state index contributed by atoms with van der Waals surface area (Å²) in [5.41, 5.74) is 2.82. The summed E-state index contributed by atoms with van der Waals surface area (Å²) >= 11 is 11.5. The number of ether oxygens (including phenoxy) is 1. The Morgan fingerprint density at radius 2 is 2.15 bits per heavy atom. The second kappa shape index (κ2) is 5.19. The van der Waals surface area contributed by atoms with Gasteiger partial charge in [0.05, 0.1) is 12.8 Å². The number of hydrogen-bond donors (Lipinski definition) is 1. The molecule has 1 N–H and O–H groups in total. The molecule has 2 aromatic rings. The molecule has 3 rings (SSSR count). The molecule has 1 fully saturated rings. The molecule has 1 saturated carbocycles. The number of halogens is 1. The van der Waals surface area contributed by atoms with Gasteiger partial charge in [0, 0.05) is 22.1 Å². The maximum absolute atomic E-state index is 6.12. The van der Waals surface area contributed by atoms with Crippen LogP contribution in [-0.4, -0.2) is 17.1 Å². The predicted molar refractivity (Wildman–Crippen MR) is 83.1 cm³/mol. The Morgan fingerprint density at radius 1 is 1.40 bits per heavy atom. The quantitative estimate of drug-likeness (QED) is 0.838. The molecule has 0 saturated heterocycles. The Kier molecular flexibility index (Phi) is 3.52. The minimum Gasteiger partial charge on any atom is -0.496 e. The first-order valence-corrected chi connectivity index (χ1v) is 7.33. The smallest absolute Gasteiger partial charge is 0.133 e. The summed E-state index contributed by atoms with van der Waals surface area (Å²) in [4.78, 5) is 7.90. The van der Waals surface area contributed by atoms with Crippen molar-refractivity contribution in [3.8, 4) is 17.0 Å². The molecule has 0 bridgehead atoms. The van der Waals surface area contributed by atoms with E-state index in [9.17, 15) is 0 Å². The highest BCUT2D eigenvalue weighted by molar-refractivity contribution is 7.71. The fourth-order valence-corrected chi connectivity index (χ4v) is 2.62. The van der Waals surface area contributed by atoms with Crippen molar-refractivity contribution in [1.29, 1.82) is 0 Å². The Balaban J connectivity index is 2.23. The molecule has 20 heavy (non-hydrogen) atoms. The summed E-state index contributed by atoms with van der Waals surface area (Å²) in [6.07, 6.45) is 2.35. The third kappa shape index (κ3) is 2.45. The van der Waals surface area contributed by atoms with Crippen LogP contribution in [-0.2, 0) is 0 Å². The van der Waals surface area contributed by atoms with Gasteiger partial charge in [-0.2, -0.15) is 0 Å². The lowest BCUT2D eigenvalue weighted by atomic mass is 10.1. The third-order valence-electron chi connectivity index (χ3n) is 3.57. The Bertz CT molecular complexity index is 722. The van der Waals surface area contributed by atoms with Gasteiger partial charge in [-0.3, -0.25) is 0 Å². The van der Waals surface area contributed by atoms with Crippen molar-refractivity contribution in [2.45, 2.75) is 25.7 Å². The van der Waals surface area contributed by atoms with Gasteiger partial charge in [0.1, 0.15) is 16.2 Å². The lowest BCUT2D eigenvalue weighted by Crippen LogP contribution is -2.00. The van der Waals surface area contributed by atoms with Gasteiger partial charge in [-0.25, -0.2) is 4.98 Å². The highest BCUT2D eigenvalue weighted by atomic mass is 35.5. The van der Waals surface area contributed by atoms with Gasteiger partial charge >= 0.3 is 0 Å². The molecule has 0 amide bonds. The zero-order chi connectivity index (χ0) is 14.3. The normalized spacial score (nSPS) is 14.3. The van der Waals surface area contributed by atoms with Crippen LogP contribution in [0.3, 0.4) is 0 Å². The van der Waals surface area contributed by atoms with Crippen LogP contribution >= 0.6 is 23.8 Å². The van der Waals surface area contributed by atoms with Crippen LogP contribution in [0.4, 0.5) is 0 Å². The number of rotatable bonds is 3. The van der Waals surface area contributed by atoms with E-state index in [-0.39, 0.29) is 0 Å². The molecule has 3 nitrogen and oxygen atoms in total. The van der Waals surface area contributed by atoms with Gasteiger partial charge in [-0.15, -0.1) is 0 Å². The Morgan fingerprint density at radius 3 is 2.80 bits per heavy atom. The van der Waals surface area contributed by atoms with E-state index in [1.807, 2.05) is 25.1 Å². The monoisotopic (exact) mass is 306 g/mol. The average Bonchev–Trinajstić information content (AvgIpc) is 3.26. The summed E-state index contributed by atoms with van der Waals surface area (Å²) in [7, 11) is 1.65. The van der Waals surface area contributed by atoms with Crippen LogP contribution in [0.25, 0.3) is 11.3 Å². The highest BCUT2D eigenvalue weighted by Crippen LogP contribution is 2.40. The number of nitrogens with one attached hydrogen (secondary N) is 1. The zero-order valence-corrected chi connectivity index (χ0v) is 12.9. The number of H-pyrrole nitrogens is 1. The van der Waals surface area contributed by atoms with Crippen molar-refractivity contribution in [2.75, 3.05) is 7.11 Å². The second-order valence-corrected chi connectivity index (χ2v) is 5.87. The van der Waals surface area contributed by atoms with E-state index in [4.69, 9.17) is 28.6 Å². The Labute approximate surface area is 128 Å². The SMILES string of the molecule is COc1ccc(Cl)cc1-c1[nH]c(C2CC2)nc(=S)c1C. The minimum absolute atomic E-state index is 0.515. The molecule has 1 aromatic carbocycles. The first-order valence-electron chi connectivity index (χ1n) is 6.55. The lowest BCUT2D eigenvalue weighted by molar-refractivity contribution is 0.416. The molecule has 0 radical (unpaired) electrons. The van der Waals surface area contributed by atoms with E-state index in [0.29, 0.717) is 15.6 Å². The Hall–Kier alpha value is -1.39. The van der Waals surface area contributed by atoms with Crippen LogP contribution in [0, 0.1) is 11.6 Å². The molecule has 0 aliphatic heterocycles. The van der Waals surface area contributed by atoms with Crippen molar-refractivity contribution in [3.63, 3.8) is 0 Å². The highest BCUT2D eigenvalue weighted by Gasteiger charge is 2.27. The van der Waals surface area contributed by atoms with Crippen LogP contribution < -0.4 is 4.74 Å².